The SMILES string of the molecule is COc1ccc(C2C3=C(OC4CCC(F)CC4C3=O)C(=O)N2CC2CCCO2)cc1OC. The van der Waals surface area contributed by atoms with Gasteiger partial charge < -0.3 is 23.8 Å². The van der Waals surface area contributed by atoms with Crippen LogP contribution in [-0.4, -0.2) is 62.3 Å². The second kappa shape index (κ2) is 8.39. The predicted octanol–water partition coefficient (Wildman–Crippen LogP) is 3.13. The van der Waals surface area contributed by atoms with Gasteiger partial charge >= 0.3 is 0 Å². The van der Waals surface area contributed by atoms with E-state index in [1.165, 1.54) is 0 Å². The van der Waals surface area contributed by atoms with Gasteiger partial charge in [0.1, 0.15) is 12.3 Å². The topological polar surface area (TPSA) is 74.3 Å². The molecule has 5 atom stereocenters. The molecule has 2 fully saturated rings. The van der Waals surface area contributed by atoms with E-state index in [0.717, 1.165) is 18.4 Å². The van der Waals surface area contributed by atoms with Gasteiger partial charge in [0.2, 0.25) is 0 Å². The summed E-state index contributed by atoms with van der Waals surface area (Å²) in [6, 6.07) is 4.75. The lowest BCUT2D eigenvalue weighted by molar-refractivity contribution is -0.137. The number of fused-ring (bicyclic) bond motifs is 1. The summed E-state index contributed by atoms with van der Waals surface area (Å²) < 4.78 is 36.8. The average Bonchev–Trinajstić information content (AvgIpc) is 3.41. The van der Waals surface area contributed by atoms with Crippen LogP contribution < -0.4 is 9.47 Å². The molecule has 0 spiro atoms. The molecule has 3 heterocycles. The lowest BCUT2D eigenvalue weighted by Gasteiger charge is -2.36. The van der Waals surface area contributed by atoms with Crippen LogP contribution in [0.3, 0.4) is 0 Å². The highest BCUT2D eigenvalue weighted by Gasteiger charge is 2.53. The van der Waals surface area contributed by atoms with E-state index in [1.54, 1.807) is 31.3 Å². The first-order valence-electron chi connectivity index (χ1n) is 11.3. The van der Waals surface area contributed by atoms with Gasteiger partial charge in [-0.25, -0.2) is 4.39 Å². The molecule has 5 unspecified atom stereocenters. The first-order chi connectivity index (χ1) is 15.5. The van der Waals surface area contributed by atoms with Gasteiger partial charge in [0.15, 0.2) is 23.0 Å². The summed E-state index contributed by atoms with van der Waals surface area (Å²) in [5.74, 6) is 0.138. The fourth-order valence-corrected chi connectivity index (χ4v) is 5.43. The van der Waals surface area contributed by atoms with Crippen LogP contribution in [0.4, 0.5) is 4.39 Å². The van der Waals surface area contributed by atoms with Crippen LogP contribution in [0.25, 0.3) is 0 Å². The monoisotopic (exact) mass is 445 g/mol. The third-order valence-corrected chi connectivity index (χ3v) is 7.03. The summed E-state index contributed by atoms with van der Waals surface area (Å²) in [7, 11) is 3.09. The molecule has 3 aliphatic heterocycles. The van der Waals surface area contributed by atoms with Gasteiger partial charge in [-0.3, -0.25) is 9.59 Å². The van der Waals surface area contributed by atoms with Gasteiger partial charge in [0.25, 0.3) is 5.91 Å². The molecule has 4 aliphatic rings. The lowest BCUT2D eigenvalue weighted by atomic mass is 9.77. The minimum absolute atomic E-state index is 0.0875. The second-order valence-electron chi connectivity index (χ2n) is 8.89. The predicted molar refractivity (Wildman–Crippen MR) is 112 cm³/mol. The molecule has 7 nitrogen and oxygen atoms in total. The molecule has 1 aliphatic carbocycles. The Morgan fingerprint density at radius 2 is 1.94 bits per heavy atom. The van der Waals surface area contributed by atoms with Crippen LogP contribution >= 0.6 is 0 Å². The molecular formula is C24H28FNO6. The summed E-state index contributed by atoms with van der Waals surface area (Å²) in [5, 5.41) is 0. The zero-order valence-electron chi connectivity index (χ0n) is 18.3. The first-order valence-corrected chi connectivity index (χ1v) is 11.3. The van der Waals surface area contributed by atoms with Crippen molar-refractivity contribution in [3.05, 3.63) is 35.1 Å². The lowest BCUT2D eigenvalue weighted by Crippen LogP contribution is -2.42. The standard InChI is InChI=1S/C24H28FNO6/c1-29-18-7-5-13(10-19(18)30-2)21-20-22(27)16-11-14(25)6-8-17(16)32-23(20)24(28)26(21)12-15-4-3-9-31-15/h5,7,10,14-17,21H,3-4,6,8-9,11-12H2,1-2H3. The number of ether oxygens (including phenoxy) is 4. The van der Waals surface area contributed by atoms with Crippen LogP contribution in [0, 0.1) is 5.92 Å². The quantitative estimate of drug-likeness (QED) is 0.693. The highest BCUT2D eigenvalue weighted by atomic mass is 19.1. The number of carbonyl (C=O) groups is 2. The van der Waals surface area contributed by atoms with E-state index in [9.17, 15) is 14.0 Å². The Balaban J connectivity index is 1.57. The number of nitrogens with zero attached hydrogens (tertiary/aromatic N) is 1. The minimum Gasteiger partial charge on any atom is -0.493 e. The number of rotatable bonds is 5. The van der Waals surface area contributed by atoms with E-state index in [0.29, 0.717) is 43.1 Å². The molecule has 1 aromatic rings. The van der Waals surface area contributed by atoms with Crippen molar-refractivity contribution in [2.75, 3.05) is 27.4 Å². The number of hydrogen-bond acceptors (Lipinski definition) is 6. The number of Topliss-reactive ketones (excluding diaryl/α,β-unsaturated/α-hetero) is 1. The Morgan fingerprint density at radius 3 is 2.66 bits per heavy atom. The van der Waals surface area contributed by atoms with Gasteiger partial charge in [0.05, 0.1) is 37.9 Å². The average molecular weight is 445 g/mol. The van der Waals surface area contributed by atoms with Crippen LogP contribution in [0.15, 0.2) is 29.5 Å². The van der Waals surface area contributed by atoms with Gasteiger partial charge in [0, 0.05) is 13.2 Å². The Morgan fingerprint density at radius 1 is 1.12 bits per heavy atom. The summed E-state index contributed by atoms with van der Waals surface area (Å²) in [6.07, 6.45) is 1.18. The molecule has 5 rings (SSSR count). The number of methoxy groups -OCH3 is 2. The fraction of sp³-hybridized carbons (Fsp3) is 0.583. The van der Waals surface area contributed by atoms with Crippen molar-refractivity contribution in [3.63, 3.8) is 0 Å². The zero-order valence-corrected chi connectivity index (χ0v) is 18.3. The van der Waals surface area contributed by atoms with E-state index < -0.39 is 24.2 Å². The number of amides is 1. The maximum absolute atomic E-state index is 14.1. The maximum atomic E-state index is 14.1. The van der Waals surface area contributed by atoms with Gasteiger partial charge in [-0.2, -0.15) is 0 Å². The summed E-state index contributed by atoms with van der Waals surface area (Å²) in [5.41, 5.74) is 1.05. The third-order valence-electron chi connectivity index (χ3n) is 7.03. The van der Waals surface area contributed by atoms with E-state index in [1.807, 2.05) is 6.07 Å². The molecule has 0 aromatic heterocycles. The Labute approximate surface area is 186 Å². The zero-order chi connectivity index (χ0) is 22.4. The van der Waals surface area contributed by atoms with Crippen LogP contribution in [-0.2, 0) is 19.1 Å². The van der Waals surface area contributed by atoms with Crippen molar-refractivity contribution in [2.24, 2.45) is 5.92 Å². The molecule has 32 heavy (non-hydrogen) atoms. The summed E-state index contributed by atoms with van der Waals surface area (Å²) in [4.78, 5) is 28.8. The Kier molecular flexibility index (Phi) is 5.57. The van der Waals surface area contributed by atoms with Crippen LogP contribution in [0.2, 0.25) is 0 Å². The van der Waals surface area contributed by atoms with Gasteiger partial charge in [-0.05, 0) is 49.8 Å². The van der Waals surface area contributed by atoms with E-state index in [-0.39, 0.29) is 30.0 Å². The number of halogens is 1. The Bertz CT molecular complexity index is 956. The van der Waals surface area contributed by atoms with Crippen molar-refractivity contribution >= 4 is 11.7 Å². The van der Waals surface area contributed by atoms with Crippen molar-refractivity contribution in [1.29, 1.82) is 0 Å². The van der Waals surface area contributed by atoms with E-state index in [2.05, 4.69) is 0 Å². The molecule has 0 bridgehead atoms. The highest BCUT2D eigenvalue weighted by molar-refractivity contribution is 6.11. The van der Waals surface area contributed by atoms with Crippen molar-refractivity contribution < 1.29 is 32.9 Å². The number of hydrogen-bond donors (Lipinski definition) is 0. The normalized spacial score (nSPS) is 32.0. The molecule has 0 N–H and O–H groups in total. The summed E-state index contributed by atoms with van der Waals surface area (Å²) in [6.45, 7) is 1.03. The Hall–Kier alpha value is -2.61. The minimum atomic E-state index is -1.02. The number of alkyl halides is 1. The third kappa shape index (κ3) is 3.45. The molecule has 172 valence electrons. The first kappa shape index (κ1) is 21.2. The van der Waals surface area contributed by atoms with Crippen LogP contribution in [0.1, 0.15) is 43.7 Å². The van der Waals surface area contributed by atoms with E-state index >= 15 is 0 Å². The molecular weight excluding hydrogens is 417 g/mol. The molecule has 0 radical (unpaired) electrons. The van der Waals surface area contributed by atoms with Gasteiger partial charge in [-0.1, -0.05) is 6.07 Å². The molecule has 1 saturated heterocycles. The number of ketones is 1. The molecule has 8 heteroatoms. The number of carbonyl (C=O) groups excluding carboxylic acids is 2. The van der Waals surface area contributed by atoms with Crippen LogP contribution in [0.5, 0.6) is 11.5 Å². The molecule has 1 amide bonds. The highest BCUT2D eigenvalue weighted by Crippen LogP contribution is 2.48. The maximum Gasteiger partial charge on any atom is 0.290 e. The van der Waals surface area contributed by atoms with E-state index in [4.69, 9.17) is 18.9 Å². The largest absolute Gasteiger partial charge is 0.493 e. The molecule has 1 aromatic carbocycles. The van der Waals surface area contributed by atoms with Gasteiger partial charge in [-0.15, -0.1) is 0 Å². The fourth-order valence-electron chi connectivity index (χ4n) is 5.43. The van der Waals surface area contributed by atoms with Crippen molar-refractivity contribution in [2.45, 2.75) is 56.5 Å². The van der Waals surface area contributed by atoms with Crippen molar-refractivity contribution in [3.8, 4) is 11.5 Å². The smallest absolute Gasteiger partial charge is 0.290 e. The molecule has 1 saturated carbocycles. The van der Waals surface area contributed by atoms with Crippen molar-refractivity contribution in [1.82, 2.24) is 4.90 Å². The second-order valence-corrected chi connectivity index (χ2v) is 8.89. The summed E-state index contributed by atoms with van der Waals surface area (Å²) >= 11 is 0. The number of benzene rings is 1.